The largest absolute Gasteiger partial charge is 0.491 e. The van der Waals surface area contributed by atoms with Crippen molar-refractivity contribution in [3.8, 4) is 5.75 Å². The van der Waals surface area contributed by atoms with Crippen LogP contribution < -0.4 is 14.5 Å². The van der Waals surface area contributed by atoms with Gasteiger partial charge in [0.25, 0.3) is 0 Å². The molecule has 0 bridgehead atoms. The van der Waals surface area contributed by atoms with E-state index in [4.69, 9.17) is 4.74 Å². The summed E-state index contributed by atoms with van der Waals surface area (Å²) in [5, 5.41) is 9.23. The van der Waals surface area contributed by atoms with E-state index in [1.54, 1.807) is 84.9 Å². The van der Waals surface area contributed by atoms with Gasteiger partial charge in [-0.25, -0.2) is 4.90 Å². The molecule has 9 nitrogen and oxygen atoms in total. The Morgan fingerprint density at radius 1 is 0.745 bits per heavy atom. The lowest BCUT2D eigenvalue weighted by Gasteiger charge is -2.49. The first-order chi connectivity index (χ1) is 24.7. The van der Waals surface area contributed by atoms with Crippen molar-refractivity contribution in [3.05, 3.63) is 138 Å². The minimum atomic E-state index is -1.15. The molecule has 6 atom stereocenters. The van der Waals surface area contributed by atoms with Gasteiger partial charge in [0, 0.05) is 17.0 Å². The molecule has 0 spiro atoms. The van der Waals surface area contributed by atoms with Crippen molar-refractivity contribution in [1.29, 1.82) is 0 Å². The van der Waals surface area contributed by atoms with Crippen molar-refractivity contribution < 1.29 is 33.8 Å². The number of carbonyl (C=O) groups excluding carboxylic acids is 5. The number of nitrogens with zero attached hydrogens (tertiary/aromatic N) is 2. The predicted molar refractivity (Wildman–Crippen MR) is 189 cm³/mol. The summed E-state index contributed by atoms with van der Waals surface area (Å²) in [6, 6.07) is 31.7. The van der Waals surface area contributed by atoms with E-state index in [1.807, 2.05) is 37.3 Å². The van der Waals surface area contributed by atoms with Crippen LogP contribution >= 0.6 is 0 Å². The van der Waals surface area contributed by atoms with Crippen LogP contribution in [0.1, 0.15) is 47.2 Å². The molecule has 2 aliphatic carbocycles. The number of carbonyl (C=O) groups is 5. The Kier molecular flexibility index (Phi) is 8.03. The topological polar surface area (TPSA) is 121 Å². The number of fused-ring (bicyclic) bond motifs is 4. The highest BCUT2D eigenvalue weighted by molar-refractivity contribution is 6.25. The number of aliphatic hydroxyl groups is 1. The molecule has 6 unspecified atom stereocenters. The van der Waals surface area contributed by atoms with Crippen molar-refractivity contribution in [3.63, 3.8) is 0 Å². The average Bonchev–Trinajstić information content (AvgIpc) is 3.54. The van der Waals surface area contributed by atoms with Crippen LogP contribution in [0.5, 0.6) is 5.75 Å². The van der Waals surface area contributed by atoms with E-state index in [0.717, 1.165) is 11.1 Å². The zero-order valence-electron chi connectivity index (χ0n) is 28.0. The van der Waals surface area contributed by atoms with E-state index in [-0.39, 0.29) is 49.0 Å². The lowest BCUT2D eigenvalue weighted by atomic mass is 9.51. The number of ether oxygens (including phenoxy) is 1. The van der Waals surface area contributed by atoms with Crippen molar-refractivity contribution in [2.75, 3.05) is 23.0 Å². The summed E-state index contributed by atoms with van der Waals surface area (Å²) in [5.74, 6) is -3.91. The number of hydrogen-bond donors (Lipinski definition) is 1. The van der Waals surface area contributed by atoms with Gasteiger partial charge < -0.3 is 9.84 Å². The summed E-state index contributed by atoms with van der Waals surface area (Å²) >= 11 is 0. The summed E-state index contributed by atoms with van der Waals surface area (Å²) in [6.07, 6.45) is 2.60. The van der Waals surface area contributed by atoms with Gasteiger partial charge in [0.15, 0.2) is 5.78 Å². The van der Waals surface area contributed by atoms with Gasteiger partial charge in [0.2, 0.25) is 23.6 Å². The molecule has 3 fully saturated rings. The Balaban J connectivity index is 1.16. The first-order valence-electron chi connectivity index (χ1n) is 17.3. The fraction of sp³-hybridized carbons (Fsp3) is 0.262. The second kappa shape index (κ2) is 12.6. The molecule has 4 aromatic carbocycles. The highest BCUT2D eigenvalue weighted by Gasteiger charge is 2.67. The lowest BCUT2D eigenvalue weighted by Crippen LogP contribution is -2.48. The van der Waals surface area contributed by atoms with Crippen molar-refractivity contribution in [1.82, 2.24) is 0 Å². The van der Waals surface area contributed by atoms with Gasteiger partial charge in [-0.05, 0) is 79.8 Å². The second-order valence-electron chi connectivity index (χ2n) is 13.9. The molecule has 8 rings (SSSR count). The Bertz CT molecular complexity index is 2080. The van der Waals surface area contributed by atoms with Crippen molar-refractivity contribution >= 4 is 40.8 Å². The first-order valence-corrected chi connectivity index (χ1v) is 17.3. The maximum atomic E-state index is 14.6. The number of rotatable bonds is 8. The van der Waals surface area contributed by atoms with E-state index in [2.05, 4.69) is 0 Å². The average molecular weight is 681 g/mol. The normalized spacial score (nSPS) is 26.8. The fourth-order valence-corrected chi connectivity index (χ4v) is 8.91. The minimum absolute atomic E-state index is 0.132. The number of ketones is 1. The summed E-state index contributed by atoms with van der Waals surface area (Å²) in [4.78, 5) is 72.9. The van der Waals surface area contributed by atoms with Crippen LogP contribution in [-0.4, -0.2) is 47.7 Å². The van der Waals surface area contributed by atoms with Crippen molar-refractivity contribution in [2.45, 2.75) is 25.7 Å². The molecular weight excluding hydrogens is 644 g/mol. The smallest absolute Gasteiger partial charge is 0.241 e. The molecule has 256 valence electrons. The van der Waals surface area contributed by atoms with E-state index >= 15 is 0 Å². The van der Waals surface area contributed by atoms with Gasteiger partial charge in [-0.1, -0.05) is 72.3 Å². The molecule has 4 amide bonds. The van der Waals surface area contributed by atoms with Gasteiger partial charge in [0.1, 0.15) is 12.4 Å². The number of imide groups is 2. The van der Waals surface area contributed by atoms with Gasteiger partial charge >= 0.3 is 0 Å². The van der Waals surface area contributed by atoms with E-state index < -0.39 is 35.0 Å². The summed E-state index contributed by atoms with van der Waals surface area (Å²) in [6.45, 7) is 1.86. The van der Waals surface area contributed by atoms with Crippen LogP contribution in [0.4, 0.5) is 11.4 Å². The molecular formula is C42H36N2O7. The molecule has 1 saturated carbocycles. The number of benzene rings is 4. The Morgan fingerprint density at radius 2 is 1.37 bits per heavy atom. The van der Waals surface area contributed by atoms with Crippen LogP contribution in [0.3, 0.4) is 0 Å². The third kappa shape index (κ3) is 5.06. The number of allylic oxidation sites excluding steroid dienone is 2. The summed E-state index contributed by atoms with van der Waals surface area (Å²) < 4.78 is 5.61. The quantitative estimate of drug-likeness (QED) is 0.144. The Morgan fingerprint density at radius 3 is 2.04 bits per heavy atom. The van der Waals surface area contributed by atoms with Crippen LogP contribution in [0, 0.1) is 29.1 Å². The number of amides is 4. The van der Waals surface area contributed by atoms with Crippen LogP contribution in [0.2, 0.25) is 0 Å². The number of aliphatic hydroxyl groups excluding tert-OH is 1. The first kappa shape index (κ1) is 32.5. The molecule has 0 radical (unpaired) electrons. The molecule has 2 heterocycles. The van der Waals surface area contributed by atoms with E-state index in [9.17, 15) is 29.1 Å². The van der Waals surface area contributed by atoms with Gasteiger partial charge in [-0.15, -0.1) is 0 Å². The molecule has 1 N–H and O–H groups in total. The van der Waals surface area contributed by atoms with Crippen LogP contribution in [0.15, 0.2) is 121 Å². The molecule has 51 heavy (non-hydrogen) atoms. The third-order valence-electron chi connectivity index (χ3n) is 11.3. The molecule has 9 heteroatoms. The standard InChI is InChI=1S/C42H36N2O7/c1-42-34(39(48)44(41(42)50)28-10-6-3-7-11-28)24-33-31(36(42)25-14-18-30(19-15-25)51-23-22-45)20-21-32-35(33)40(49)43(38(32)47)29-16-12-27(13-17-29)37(46)26-8-4-2-5-9-26/h2-20,32-36,45H,21-24H2,1H3. The summed E-state index contributed by atoms with van der Waals surface area (Å²) in [5.41, 5.74) is 2.42. The zero-order valence-corrected chi connectivity index (χ0v) is 28.0. The van der Waals surface area contributed by atoms with Gasteiger partial charge in [0.05, 0.1) is 41.2 Å². The van der Waals surface area contributed by atoms with Gasteiger partial charge in [-0.2, -0.15) is 0 Å². The third-order valence-corrected chi connectivity index (χ3v) is 11.3. The predicted octanol–water partition coefficient (Wildman–Crippen LogP) is 5.72. The van der Waals surface area contributed by atoms with Crippen LogP contribution in [-0.2, 0) is 19.2 Å². The molecule has 0 aromatic heterocycles. The number of anilines is 2. The molecule has 2 saturated heterocycles. The second-order valence-corrected chi connectivity index (χ2v) is 13.9. The Hall–Kier alpha value is -5.67. The SMILES string of the molecule is CC12C(=O)N(c3ccccc3)C(=O)C1CC1C(=CCC3C(=O)N(c4ccc(C(=O)c5ccccc5)cc4)C(=O)C31)C2c1ccc(OCCO)cc1. The maximum Gasteiger partial charge on any atom is 0.241 e. The Labute approximate surface area is 295 Å². The van der Waals surface area contributed by atoms with Gasteiger partial charge in [-0.3, -0.25) is 28.9 Å². The molecule has 2 aliphatic heterocycles. The van der Waals surface area contributed by atoms with Crippen LogP contribution in [0.25, 0.3) is 0 Å². The highest BCUT2D eigenvalue weighted by Crippen LogP contribution is 2.63. The van der Waals surface area contributed by atoms with Crippen molar-refractivity contribution in [2.24, 2.45) is 29.1 Å². The van der Waals surface area contributed by atoms with E-state index in [0.29, 0.717) is 34.7 Å². The van der Waals surface area contributed by atoms with E-state index in [1.165, 1.54) is 9.80 Å². The minimum Gasteiger partial charge on any atom is -0.491 e. The molecule has 4 aromatic rings. The fourth-order valence-electron chi connectivity index (χ4n) is 8.91. The number of hydrogen-bond acceptors (Lipinski definition) is 7. The highest BCUT2D eigenvalue weighted by atomic mass is 16.5. The monoisotopic (exact) mass is 680 g/mol. The maximum absolute atomic E-state index is 14.6. The lowest BCUT2D eigenvalue weighted by molar-refractivity contribution is -0.131. The zero-order chi connectivity index (χ0) is 35.4. The molecule has 4 aliphatic rings. The summed E-state index contributed by atoms with van der Waals surface area (Å²) in [7, 11) is 0. The number of para-hydroxylation sites is 1.